The maximum absolute atomic E-state index is 13.2. The third-order valence-corrected chi connectivity index (χ3v) is 6.06. The Labute approximate surface area is 224 Å². The molecule has 2 atom stereocenters. The molecule has 4 N–H and O–H groups in total. The Morgan fingerprint density at radius 2 is 1.63 bits per heavy atom. The van der Waals surface area contributed by atoms with Gasteiger partial charge in [-0.3, -0.25) is 29.4 Å². The number of nitrogens with zero attached hydrogens (tertiary/aromatic N) is 1. The predicted molar refractivity (Wildman–Crippen MR) is 145 cm³/mol. The molecule has 0 aromatic heterocycles. The van der Waals surface area contributed by atoms with E-state index in [0.717, 1.165) is 10.5 Å². The lowest BCUT2D eigenvalue weighted by Gasteiger charge is -2.29. The van der Waals surface area contributed by atoms with E-state index in [1.807, 2.05) is 44.2 Å². The Kier molecular flexibility index (Phi) is 9.27. The summed E-state index contributed by atoms with van der Waals surface area (Å²) in [4.78, 5) is 53.3. The number of anilines is 1. The van der Waals surface area contributed by atoms with E-state index >= 15 is 0 Å². The summed E-state index contributed by atoms with van der Waals surface area (Å²) < 4.78 is 5.62. The van der Waals surface area contributed by atoms with Crippen molar-refractivity contribution in [2.75, 3.05) is 12.3 Å². The number of carbonyl (C=O) groups excluding carboxylic acids is 4. The molecule has 3 rings (SSSR count). The summed E-state index contributed by atoms with van der Waals surface area (Å²) >= 11 is 0. The fraction of sp³-hybridized carbons (Fsp3) is 0.448. The zero-order valence-corrected chi connectivity index (χ0v) is 22.7. The highest BCUT2D eigenvalue weighted by Gasteiger charge is 2.37. The SMILES string of the molecule is CC(C)C[C@H](N[C@H](CCN1C(=O)c2ccc(N)cc2C1=O)C(=O)OC(C)(C)C)C(=O)NCc1ccccc1. The normalized spacial score (nSPS) is 14.8. The monoisotopic (exact) mass is 522 g/mol. The molecular formula is C29H38N4O5. The van der Waals surface area contributed by atoms with Crippen LogP contribution in [0.1, 0.15) is 73.7 Å². The number of ether oxygens (including phenoxy) is 1. The van der Waals surface area contributed by atoms with Gasteiger partial charge in [0.05, 0.1) is 17.2 Å². The lowest BCUT2D eigenvalue weighted by atomic mass is 10.0. The maximum Gasteiger partial charge on any atom is 0.323 e. The first kappa shape index (κ1) is 28.8. The Morgan fingerprint density at radius 3 is 2.26 bits per heavy atom. The highest BCUT2D eigenvalue weighted by Crippen LogP contribution is 2.25. The maximum atomic E-state index is 13.2. The Bertz CT molecular complexity index is 1170. The minimum absolute atomic E-state index is 0.0246. The van der Waals surface area contributed by atoms with E-state index in [1.165, 1.54) is 12.1 Å². The van der Waals surface area contributed by atoms with Crippen LogP contribution in [0, 0.1) is 5.92 Å². The summed E-state index contributed by atoms with van der Waals surface area (Å²) in [6.07, 6.45) is 0.558. The number of nitrogens with one attached hydrogen (secondary N) is 2. The zero-order valence-electron chi connectivity index (χ0n) is 22.7. The predicted octanol–water partition coefficient (Wildman–Crippen LogP) is 3.29. The standard InChI is InChI=1S/C29H38N4O5/c1-18(2)15-24(25(34)31-17-19-9-7-6-8-10-19)32-23(28(37)38-29(3,4)5)13-14-33-26(35)21-12-11-20(30)16-22(21)27(33)36/h6-12,16,18,23-24,32H,13-15,17,30H2,1-5H3,(H,31,34)/t23-,24+/m1/s1. The molecule has 38 heavy (non-hydrogen) atoms. The topological polar surface area (TPSA) is 131 Å². The van der Waals surface area contributed by atoms with Crippen molar-refractivity contribution < 1.29 is 23.9 Å². The lowest BCUT2D eigenvalue weighted by Crippen LogP contribution is -2.53. The van der Waals surface area contributed by atoms with Crippen LogP contribution in [0.5, 0.6) is 0 Å². The highest BCUT2D eigenvalue weighted by atomic mass is 16.6. The van der Waals surface area contributed by atoms with Crippen LogP contribution >= 0.6 is 0 Å². The van der Waals surface area contributed by atoms with Crippen molar-refractivity contribution >= 4 is 29.4 Å². The number of fused-ring (bicyclic) bond motifs is 1. The summed E-state index contributed by atoms with van der Waals surface area (Å²) in [5, 5.41) is 6.11. The van der Waals surface area contributed by atoms with Crippen LogP contribution in [0.2, 0.25) is 0 Å². The summed E-state index contributed by atoms with van der Waals surface area (Å²) in [6.45, 7) is 9.59. The van der Waals surface area contributed by atoms with Crippen LogP contribution in [-0.4, -0.2) is 52.8 Å². The van der Waals surface area contributed by atoms with Crippen molar-refractivity contribution in [1.29, 1.82) is 0 Å². The van der Waals surface area contributed by atoms with Crippen LogP contribution < -0.4 is 16.4 Å². The molecule has 0 fully saturated rings. The van der Waals surface area contributed by atoms with Gasteiger partial charge in [0.2, 0.25) is 5.91 Å². The smallest absolute Gasteiger partial charge is 0.323 e. The fourth-order valence-corrected chi connectivity index (χ4v) is 4.29. The van der Waals surface area contributed by atoms with Crippen molar-refractivity contribution in [3.63, 3.8) is 0 Å². The number of benzene rings is 2. The number of amides is 3. The van der Waals surface area contributed by atoms with Crippen LogP contribution in [0.4, 0.5) is 5.69 Å². The molecule has 9 nitrogen and oxygen atoms in total. The number of hydrogen-bond donors (Lipinski definition) is 3. The van der Waals surface area contributed by atoms with Crippen molar-refractivity contribution in [3.05, 3.63) is 65.2 Å². The molecule has 204 valence electrons. The van der Waals surface area contributed by atoms with Crippen LogP contribution in [0.15, 0.2) is 48.5 Å². The number of hydrogen-bond acceptors (Lipinski definition) is 7. The van der Waals surface area contributed by atoms with Crippen LogP contribution in [-0.2, 0) is 20.9 Å². The van der Waals surface area contributed by atoms with Gasteiger partial charge < -0.3 is 15.8 Å². The Morgan fingerprint density at radius 1 is 0.974 bits per heavy atom. The van der Waals surface area contributed by atoms with E-state index in [2.05, 4.69) is 10.6 Å². The first-order valence-corrected chi connectivity index (χ1v) is 12.9. The summed E-state index contributed by atoms with van der Waals surface area (Å²) in [7, 11) is 0. The van der Waals surface area contributed by atoms with Crippen molar-refractivity contribution in [2.45, 2.75) is 71.7 Å². The van der Waals surface area contributed by atoms with Gasteiger partial charge in [-0.05, 0) is 63.3 Å². The van der Waals surface area contributed by atoms with Gasteiger partial charge in [-0.25, -0.2) is 0 Å². The van der Waals surface area contributed by atoms with Crippen molar-refractivity contribution in [1.82, 2.24) is 15.5 Å². The van der Waals surface area contributed by atoms with E-state index in [0.29, 0.717) is 18.7 Å². The molecule has 0 aliphatic carbocycles. The summed E-state index contributed by atoms with van der Waals surface area (Å²) in [5.41, 5.74) is 6.91. The number of carbonyl (C=O) groups is 4. The van der Waals surface area contributed by atoms with Gasteiger partial charge in [-0.1, -0.05) is 44.2 Å². The van der Waals surface area contributed by atoms with Crippen LogP contribution in [0.25, 0.3) is 0 Å². The van der Waals surface area contributed by atoms with Gasteiger partial charge in [0.1, 0.15) is 11.6 Å². The molecule has 2 aromatic carbocycles. The molecule has 0 radical (unpaired) electrons. The minimum atomic E-state index is -0.921. The highest BCUT2D eigenvalue weighted by molar-refractivity contribution is 6.21. The van der Waals surface area contributed by atoms with E-state index in [1.54, 1.807) is 26.8 Å². The van der Waals surface area contributed by atoms with Crippen molar-refractivity contribution in [2.24, 2.45) is 5.92 Å². The molecule has 0 unspecified atom stereocenters. The van der Waals surface area contributed by atoms with Gasteiger partial charge in [-0.2, -0.15) is 0 Å². The number of imide groups is 1. The molecule has 1 aliphatic rings. The summed E-state index contributed by atoms with van der Waals surface area (Å²) in [6, 6.07) is 12.5. The molecule has 9 heteroatoms. The van der Waals surface area contributed by atoms with E-state index in [9.17, 15) is 19.2 Å². The van der Waals surface area contributed by atoms with Gasteiger partial charge in [-0.15, -0.1) is 0 Å². The molecule has 2 aromatic rings. The number of nitrogens with two attached hydrogens (primary N) is 1. The van der Waals surface area contributed by atoms with Gasteiger partial charge in [0.25, 0.3) is 11.8 Å². The molecule has 1 heterocycles. The number of esters is 1. The fourth-order valence-electron chi connectivity index (χ4n) is 4.29. The van der Waals surface area contributed by atoms with Crippen molar-refractivity contribution in [3.8, 4) is 0 Å². The molecule has 0 saturated carbocycles. The Balaban J connectivity index is 1.76. The average molecular weight is 523 g/mol. The van der Waals surface area contributed by atoms with Gasteiger partial charge in [0.15, 0.2) is 0 Å². The lowest BCUT2D eigenvalue weighted by molar-refractivity contribution is -0.158. The molecular weight excluding hydrogens is 484 g/mol. The second kappa shape index (κ2) is 12.2. The van der Waals surface area contributed by atoms with E-state index in [4.69, 9.17) is 10.5 Å². The zero-order chi connectivity index (χ0) is 28.0. The first-order valence-electron chi connectivity index (χ1n) is 12.9. The second-order valence-corrected chi connectivity index (χ2v) is 11.0. The molecule has 1 aliphatic heterocycles. The molecule has 0 saturated heterocycles. The molecule has 0 spiro atoms. The molecule has 3 amide bonds. The molecule has 0 bridgehead atoms. The van der Waals surface area contributed by atoms with E-state index < -0.39 is 35.5 Å². The number of nitrogen functional groups attached to an aromatic ring is 1. The third kappa shape index (κ3) is 7.64. The van der Waals surface area contributed by atoms with Gasteiger partial charge in [0, 0.05) is 18.8 Å². The third-order valence-electron chi connectivity index (χ3n) is 6.06. The van der Waals surface area contributed by atoms with Gasteiger partial charge >= 0.3 is 5.97 Å². The largest absolute Gasteiger partial charge is 0.459 e. The summed E-state index contributed by atoms with van der Waals surface area (Å²) in [5.74, 6) is -1.53. The first-order chi connectivity index (χ1) is 17.9. The minimum Gasteiger partial charge on any atom is -0.459 e. The second-order valence-electron chi connectivity index (χ2n) is 11.0. The van der Waals surface area contributed by atoms with Crippen LogP contribution in [0.3, 0.4) is 0 Å². The van der Waals surface area contributed by atoms with E-state index in [-0.39, 0.29) is 35.9 Å². The number of rotatable bonds is 11. The Hall–Kier alpha value is -3.72. The average Bonchev–Trinajstić information content (AvgIpc) is 3.07. The quantitative estimate of drug-likeness (QED) is 0.234.